The van der Waals surface area contributed by atoms with E-state index in [4.69, 9.17) is 4.74 Å². The first kappa shape index (κ1) is 12.6. The van der Waals surface area contributed by atoms with Gasteiger partial charge in [0.1, 0.15) is 0 Å². The number of unbranched alkanes of at least 4 members (excludes halogenated alkanes) is 1. The fourth-order valence-electron chi connectivity index (χ4n) is 2.02. The second kappa shape index (κ2) is 8.82. The van der Waals surface area contributed by atoms with E-state index in [0.29, 0.717) is 0 Å². The van der Waals surface area contributed by atoms with Crippen LogP contribution in [-0.4, -0.2) is 6.61 Å². The maximum atomic E-state index is 5.58. The summed E-state index contributed by atoms with van der Waals surface area (Å²) in [4.78, 5) is 0. The van der Waals surface area contributed by atoms with Crippen LogP contribution in [0.25, 0.3) is 0 Å². The Morgan fingerprint density at radius 3 is 3.07 bits per heavy atom. The highest BCUT2D eigenvalue weighted by Gasteiger charge is 2.10. The first-order valence-electron chi connectivity index (χ1n) is 6.51. The number of rotatable bonds is 5. The van der Waals surface area contributed by atoms with Crippen molar-refractivity contribution >= 4 is 0 Å². The van der Waals surface area contributed by atoms with Gasteiger partial charge in [-0.15, -0.1) is 0 Å². The van der Waals surface area contributed by atoms with Gasteiger partial charge < -0.3 is 4.74 Å². The Balaban J connectivity index is 2.07. The molecule has 87 valence electrons. The van der Waals surface area contributed by atoms with Crippen LogP contribution in [0.1, 0.15) is 58.3 Å². The van der Waals surface area contributed by atoms with Crippen molar-refractivity contribution in [2.45, 2.75) is 58.3 Å². The highest BCUT2D eigenvalue weighted by molar-refractivity contribution is 4.75. The van der Waals surface area contributed by atoms with Gasteiger partial charge in [0.25, 0.3) is 0 Å². The number of hydrogen-bond donors (Lipinski definition) is 0. The third-order valence-corrected chi connectivity index (χ3v) is 3.03. The van der Waals surface area contributed by atoms with E-state index in [0.717, 1.165) is 18.9 Å². The van der Waals surface area contributed by atoms with Gasteiger partial charge in [0.05, 0.1) is 12.9 Å². The van der Waals surface area contributed by atoms with Gasteiger partial charge in [0.15, 0.2) is 0 Å². The monoisotopic (exact) mass is 209 g/mol. The molecule has 1 nitrogen and oxygen atoms in total. The summed E-state index contributed by atoms with van der Waals surface area (Å²) in [5.74, 6) is 0.785. The zero-order chi connectivity index (χ0) is 10.8. The van der Waals surface area contributed by atoms with Crippen LogP contribution in [0.2, 0.25) is 0 Å². The smallest absolute Gasteiger partial charge is 0.0901 e. The molecule has 1 radical (unpaired) electrons. The summed E-state index contributed by atoms with van der Waals surface area (Å²) in [6, 6.07) is 0. The summed E-state index contributed by atoms with van der Waals surface area (Å²) in [6.07, 6.45) is 16.9. The molecule has 0 aromatic rings. The lowest BCUT2D eigenvalue weighted by Gasteiger charge is -2.18. The standard InChI is InChI=1S/C14H25O/c1-2-3-9-12-15-13-14-10-7-5-4-6-8-11-14/h5,9,12,14H,2-4,6-8,10-11,13H2,1H3. The lowest BCUT2D eigenvalue weighted by Crippen LogP contribution is -2.09. The summed E-state index contributed by atoms with van der Waals surface area (Å²) in [6.45, 7) is 3.11. The minimum absolute atomic E-state index is 0.785. The fourth-order valence-corrected chi connectivity index (χ4v) is 2.02. The van der Waals surface area contributed by atoms with Crippen LogP contribution < -0.4 is 0 Å². The normalized spacial score (nSPS) is 20.1. The van der Waals surface area contributed by atoms with E-state index in [9.17, 15) is 0 Å². The van der Waals surface area contributed by atoms with Crippen LogP contribution in [0.15, 0.2) is 12.3 Å². The van der Waals surface area contributed by atoms with Crippen LogP contribution in [0, 0.1) is 12.3 Å². The van der Waals surface area contributed by atoms with E-state index in [-0.39, 0.29) is 0 Å². The molecule has 0 N–H and O–H groups in total. The molecule has 0 amide bonds. The van der Waals surface area contributed by atoms with E-state index in [1.54, 1.807) is 0 Å². The van der Waals surface area contributed by atoms with Gasteiger partial charge in [0.2, 0.25) is 0 Å². The van der Waals surface area contributed by atoms with E-state index in [1.807, 2.05) is 6.26 Å². The molecule has 0 saturated heterocycles. The van der Waals surface area contributed by atoms with Gasteiger partial charge in [-0.3, -0.25) is 0 Å². The molecule has 0 heterocycles. The van der Waals surface area contributed by atoms with E-state index in [2.05, 4.69) is 19.4 Å². The van der Waals surface area contributed by atoms with Crippen LogP contribution in [0.4, 0.5) is 0 Å². The molecule has 1 unspecified atom stereocenters. The quantitative estimate of drug-likeness (QED) is 0.606. The topological polar surface area (TPSA) is 9.23 Å². The molecule has 1 atom stereocenters. The second-order valence-electron chi connectivity index (χ2n) is 4.51. The summed E-state index contributed by atoms with van der Waals surface area (Å²) >= 11 is 0. The number of hydrogen-bond acceptors (Lipinski definition) is 1. The van der Waals surface area contributed by atoms with Crippen LogP contribution in [-0.2, 0) is 4.74 Å². The van der Waals surface area contributed by atoms with E-state index in [1.165, 1.54) is 44.9 Å². The maximum Gasteiger partial charge on any atom is 0.0901 e. The Morgan fingerprint density at radius 2 is 2.20 bits per heavy atom. The average Bonchev–Trinajstić information content (AvgIpc) is 2.20. The highest BCUT2D eigenvalue weighted by atomic mass is 16.5. The number of allylic oxidation sites excluding steroid dienone is 1. The Kier molecular flexibility index (Phi) is 7.41. The lowest BCUT2D eigenvalue weighted by molar-refractivity contribution is 0.176. The molecule has 1 fully saturated rings. The molecule has 1 aliphatic rings. The summed E-state index contributed by atoms with van der Waals surface area (Å²) in [7, 11) is 0. The maximum absolute atomic E-state index is 5.58. The predicted octanol–water partition coefficient (Wildman–Crippen LogP) is 4.49. The molecule has 0 aromatic heterocycles. The zero-order valence-electron chi connectivity index (χ0n) is 10.1. The minimum atomic E-state index is 0.785. The van der Waals surface area contributed by atoms with Gasteiger partial charge in [-0.05, 0) is 44.1 Å². The predicted molar refractivity (Wildman–Crippen MR) is 65.5 cm³/mol. The Bertz CT molecular complexity index is 155. The van der Waals surface area contributed by atoms with Gasteiger partial charge >= 0.3 is 0 Å². The summed E-state index contributed by atoms with van der Waals surface area (Å²) in [5.41, 5.74) is 0. The summed E-state index contributed by atoms with van der Waals surface area (Å²) < 4.78 is 5.58. The van der Waals surface area contributed by atoms with Crippen molar-refractivity contribution in [3.8, 4) is 0 Å². The van der Waals surface area contributed by atoms with Crippen molar-refractivity contribution in [1.82, 2.24) is 0 Å². The van der Waals surface area contributed by atoms with Crippen molar-refractivity contribution in [2.75, 3.05) is 6.61 Å². The van der Waals surface area contributed by atoms with Crippen LogP contribution >= 0.6 is 0 Å². The summed E-state index contributed by atoms with van der Waals surface area (Å²) in [5, 5.41) is 0. The lowest BCUT2D eigenvalue weighted by atomic mass is 9.92. The molecule has 1 heteroatoms. The van der Waals surface area contributed by atoms with Crippen molar-refractivity contribution in [3.05, 3.63) is 18.8 Å². The molecule has 0 spiro atoms. The molecule has 0 bridgehead atoms. The zero-order valence-corrected chi connectivity index (χ0v) is 10.1. The fraction of sp³-hybridized carbons (Fsp3) is 0.786. The second-order valence-corrected chi connectivity index (χ2v) is 4.51. The van der Waals surface area contributed by atoms with Gasteiger partial charge in [-0.25, -0.2) is 0 Å². The van der Waals surface area contributed by atoms with Crippen LogP contribution in [0.5, 0.6) is 0 Å². The molecular formula is C14H25O. The Hall–Kier alpha value is -0.460. The minimum Gasteiger partial charge on any atom is -0.501 e. The first-order valence-corrected chi connectivity index (χ1v) is 6.51. The molecule has 1 aliphatic carbocycles. The first-order chi connectivity index (χ1) is 7.43. The van der Waals surface area contributed by atoms with Crippen molar-refractivity contribution < 1.29 is 4.74 Å². The van der Waals surface area contributed by atoms with E-state index >= 15 is 0 Å². The molecule has 1 rings (SSSR count). The molecule has 15 heavy (non-hydrogen) atoms. The van der Waals surface area contributed by atoms with Crippen LogP contribution in [0.3, 0.4) is 0 Å². The van der Waals surface area contributed by atoms with Crippen molar-refractivity contribution in [1.29, 1.82) is 0 Å². The molecule has 0 aliphatic heterocycles. The Labute approximate surface area is 94.9 Å². The Morgan fingerprint density at radius 1 is 1.27 bits per heavy atom. The van der Waals surface area contributed by atoms with Crippen molar-refractivity contribution in [3.63, 3.8) is 0 Å². The highest BCUT2D eigenvalue weighted by Crippen LogP contribution is 2.21. The van der Waals surface area contributed by atoms with Gasteiger partial charge in [-0.1, -0.05) is 32.6 Å². The molecule has 1 saturated carbocycles. The number of ether oxygens (including phenoxy) is 1. The average molecular weight is 209 g/mol. The largest absolute Gasteiger partial charge is 0.501 e. The molecular weight excluding hydrogens is 184 g/mol. The third-order valence-electron chi connectivity index (χ3n) is 3.03. The van der Waals surface area contributed by atoms with E-state index < -0.39 is 0 Å². The molecule has 0 aromatic carbocycles. The van der Waals surface area contributed by atoms with Gasteiger partial charge in [0, 0.05) is 0 Å². The van der Waals surface area contributed by atoms with Crippen molar-refractivity contribution in [2.24, 2.45) is 5.92 Å². The third kappa shape index (κ3) is 6.59. The SMILES string of the molecule is CCCC=COCC1CC[CH]CCCC1. The van der Waals surface area contributed by atoms with Gasteiger partial charge in [-0.2, -0.15) is 0 Å².